The van der Waals surface area contributed by atoms with Crippen molar-refractivity contribution in [2.24, 2.45) is 11.3 Å². The third-order valence-corrected chi connectivity index (χ3v) is 5.70. The molecule has 0 bridgehead atoms. The summed E-state index contributed by atoms with van der Waals surface area (Å²) in [5.74, 6) is -1.23. The number of carbonyl (C=O) groups excluding carboxylic acids is 1. The molecule has 2 rings (SSSR count). The fourth-order valence-corrected chi connectivity index (χ4v) is 4.03. The maximum absolute atomic E-state index is 12.4. The standard InChI is InChI=1S/C20H28F3NO/c1-18(2,3)15-9-11-19(12-10-15,16-7-5-4-6-8-16)13-14-24-17(25)20(21,22)23/h4-8,15H,9-14H2,1-3H3,(H,24,25). The maximum Gasteiger partial charge on any atom is 0.471 e. The Morgan fingerprint density at radius 2 is 1.68 bits per heavy atom. The molecule has 140 valence electrons. The van der Waals surface area contributed by atoms with Gasteiger partial charge in [0.2, 0.25) is 0 Å². The van der Waals surface area contributed by atoms with Gasteiger partial charge < -0.3 is 5.32 Å². The molecule has 0 aliphatic heterocycles. The molecule has 0 radical (unpaired) electrons. The summed E-state index contributed by atoms with van der Waals surface area (Å²) in [5, 5.41) is 2.04. The van der Waals surface area contributed by atoms with Crippen molar-refractivity contribution < 1.29 is 18.0 Å². The van der Waals surface area contributed by atoms with Gasteiger partial charge in [-0.15, -0.1) is 0 Å². The van der Waals surface area contributed by atoms with Crippen LogP contribution < -0.4 is 5.32 Å². The van der Waals surface area contributed by atoms with Gasteiger partial charge in [0.05, 0.1) is 0 Å². The van der Waals surface area contributed by atoms with Gasteiger partial charge in [-0.3, -0.25) is 4.79 Å². The highest BCUT2D eigenvalue weighted by atomic mass is 19.4. The molecule has 0 unspecified atom stereocenters. The quantitative estimate of drug-likeness (QED) is 0.787. The van der Waals surface area contributed by atoms with Crippen LogP contribution >= 0.6 is 0 Å². The van der Waals surface area contributed by atoms with Crippen molar-refractivity contribution >= 4 is 5.91 Å². The fraction of sp³-hybridized carbons (Fsp3) is 0.650. The molecule has 1 fully saturated rings. The van der Waals surface area contributed by atoms with Crippen molar-refractivity contribution in [1.82, 2.24) is 5.32 Å². The minimum Gasteiger partial charge on any atom is -0.348 e. The molecule has 1 aliphatic rings. The third-order valence-electron chi connectivity index (χ3n) is 5.70. The summed E-state index contributed by atoms with van der Waals surface area (Å²) >= 11 is 0. The summed E-state index contributed by atoms with van der Waals surface area (Å²) in [5.41, 5.74) is 1.26. The molecule has 1 aromatic rings. The molecule has 1 saturated carbocycles. The normalized spacial score (nSPS) is 24.8. The second-order valence-electron chi connectivity index (χ2n) is 8.29. The number of benzene rings is 1. The van der Waals surface area contributed by atoms with Gasteiger partial charge in [0.1, 0.15) is 0 Å². The van der Waals surface area contributed by atoms with Crippen LogP contribution in [0.1, 0.15) is 58.4 Å². The van der Waals surface area contributed by atoms with Gasteiger partial charge in [-0.25, -0.2) is 0 Å². The number of nitrogens with one attached hydrogen (secondary N) is 1. The van der Waals surface area contributed by atoms with E-state index in [1.165, 1.54) is 5.56 Å². The van der Waals surface area contributed by atoms with Crippen LogP contribution in [-0.4, -0.2) is 18.6 Å². The fourth-order valence-electron chi connectivity index (χ4n) is 4.03. The lowest BCUT2D eigenvalue weighted by atomic mass is 9.60. The van der Waals surface area contributed by atoms with Crippen molar-refractivity contribution in [2.75, 3.05) is 6.54 Å². The SMILES string of the molecule is CC(C)(C)C1CCC(CCNC(=O)C(F)(F)F)(c2ccccc2)CC1. The first-order valence-corrected chi connectivity index (χ1v) is 8.95. The Morgan fingerprint density at radius 3 is 2.16 bits per heavy atom. The lowest BCUT2D eigenvalue weighted by Gasteiger charge is -2.44. The number of hydrogen-bond donors (Lipinski definition) is 1. The predicted octanol–water partition coefficient (Wildman–Crippen LogP) is 5.23. The second-order valence-corrected chi connectivity index (χ2v) is 8.29. The zero-order chi connectivity index (χ0) is 18.7. The Labute approximate surface area is 148 Å². The maximum atomic E-state index is 12.4. The molecular weight excluding hydrogens is 327 g/mol. The number of carbonyl (C=O) groups is 1. The Morgan fingerprint density at radius 1 is 1.12 bits per heavy atom. The Hall–Kier alpha value is -1.52. The van der Waals surface area contributed by atoms with Crippen LogP contribution in [0, 0.1) is 11.3 Å². The van der Waals surface area contributed by atoms with E-state index in [0.717, 1.165) is 25.7 Å². The van der Waals surface area contributed by atoms with Gasteiger partial charge in [-0.1, -0.05) is 51.1 Å². The molecule has 1 N–H and O–H groups in total. The molecule has 0 atom stereocenters. The molecule has 1 aromatic carbocycles. The average Bonchev–Trinajstić information content (AvgIpc) is 2.54. The van der Waals surface area contributed by atoms with Gasteiger partial charge in [0.25, 0.3) is 0 Å². The lowest BCUT2D eigenvalue weighted by molar-refractivity contribution is -0.173. The lowest BCUT2D eigenvalue weighted by Crippen LogP contribution is -2.41. The van der Waals surface area contributed by atoms with Gasteiger partial charge >= 0.3 is 12.1 Å². The van der Waals surface area contributed by atoms with Crippen LogP contribution in [0.2, 0.25) is 0 Å². The van der Waals surface area contributed by atoms with Crippen LogP contribution in [0.15, 0.2) is 30.3 Å². The predicted molar refractivity (Wildman–Crippen MR) is 93.2 cm³/mol. The van der Waals surface area contributed by atoms with E-state index in [0.29, 0.717) is 12.3 Å². The molecule has 0 heterocycles. The number of halogens is 3. The van der Waals surface area contributed by atoms with Crippen molar-refractivity contribution in [1.29, 1.82) is 0 Å². The Bertz CT molecular complexity index is 567. The van der Waals surface area contributed by atoms with Gasteiger partial charge in [-0.2, -0.15) is 13.2 Å². The summed E-state index contributed by atoms with van der Waals surface area (Å²) in [6.07, 6.45) is -0.265. The average molecular weight is 355 g/mol. The molecule has 0 aromatic heterocycles. The molecule has 0 spiro atoms. The van der Waals surface area contributed by atoms with E-state index in [-0.39, 0.29) is 17.4 Å². The molecule has 1 aliphatic carbocycles. The number of hydrogen-bond acceptors (Lipinski definition) is 1. The van der Waals surface area contributed by atoms with Gasteiger partial charge in [0, 0.05) is 6.54 Å². The first-order valence-electron chi connectivity index (χ1n) is 8.95. The minimum atomic E-state index is -4.82. The van der Waals surface area contributed by atoms with E-state index in [9.17, 15) is 18.0 Å². The van der Waals surface area contributed by atoms with Crippen molar-refractivity contribution in [3.8, 4) is 0 Å². The summed E-state index contributed by atoms with van der Waals surface area (Å²) in [7, 11) is 0. The molecule has 5 heteroatoms. The summed E-state index contributed by atoms with van der Waals surface area (Å²) in [6.45, 7) is 6.79. The van der Waals surface area contributed by atoms with Crippen molar-refractivity contribution in [2.45, 2.75) is 64.5 Å². The van der Waals surface area contributed by atoms with Crippen molar-refractivity contribution in [3.63, 3.8) is 0 Å². The Balaban J connectivity index is 2.09. The zero-order valence-corrected chi connectivity index (χ0v) is 15.2. The van der Waals surface area contributed by atoms with E-state index in [1.54, 1.807) is 0 Å². The molecule has 2 nitrogen and oxygen atoms in total. The number of alkyl halides is 3. The minimum absolute atomic E-state index is 0.0490. The summed E-state index contributed by atoms with van der Waals surface area (Å²) < 4.78 is 37.2. The molecule has 1 amide bonds. The van der Waals surface area contributed by atoms with E-state index in [1.807, 2.05) is 23.5 Å². The van der Waals surface area contributed by atoms with E-state index >= 15 is 0 Å². The number of amides is 1. The molecular formula is C20H28F3NO. The highest BCUT2D eigenvalue weighted by molar-refractivity contribution is 5.81. The monoisotopic (exact) mass is 355 g/mol. The first-order chi connectivity index (χ1) is 11.5. The van der Waals surface area contributed by atoms with Crippen LogP contribution in [-0.2, 0) is 10.2 Å². The largest absolute Gasteiger partial charge is 0.471 e. The topological polar surface area (TPSA) is 29.1 Å². The summed E-state index contributed by atoms with van der Waals surface area (Å²) in [6, 6.07) is 10.0. The third kappa shape index (κ3) is 4.99. The zero-order valence-electron chi connectivity index (χ0n) is 15.2. The van der Waals surface area contributed by atoms with Gasteiger partial charge in [-0.05, 0) is 54.4 Å². The van der Waals surface area contributed by atoms with Crippen LogP contribution in [0.5, 0.6) is 0 Å². The number of rotatable bonds is 4. The van der Waals surface area contributed by atoms with Crippen LogP contribution in [0.4, 0.5) is 13.2 Å². The molecule has 25 heavy (non-hydrogen) atoms. The second kappa shape index (κ2) is 7.38. The van der Waals surface area contributed by atoms with E-state index in [2.05, 4.69) is 32.9 Å². The summed E-state index contributed by atoms with van der Waals surface area (Å²) in [4.78, 5) is 11.1. The van der Waals surface area contributed by atoms with Crippen molar-refractivity contribution in [3.05, 3.63) is 35.9 Å². The van der Waals surface area contributed by atoms with Crippen LogP contribution in [0.25, 0.3) is 0 Å². The smallest absolute Gasteiger partial charge is 0.348 e. The highest BCUT2D eigenvalue weighted by Gasteiger charge is 2.41. The molecule has 0 saturated heterocycles. The Kier molecular flexibility index (Phi) is 5.85. The van der Waals surface area contributed by atoms with E-state index < -0.39 is 12.1 Å². The van der Waals surface area contributed by atoms with Gasteiger partial charge in [0.15, 0.2) is 0 Å². The van der Waals surface area contributed by atoms with E-state index in [4.69, 9.17) is 0 Å². The van der Waals surface area contributed by atoms with Crippen LogP contribution in [0.3, 0.4) is 0 Å². The first kappa shape index (κ1) is 19.8. The highest BCUT2D eigenvalue weighted by Crippen LogP contribution is 2.48.